The van der Waals surface area contributed by atoms with Gasteiger partial charge in [-0.05, 0) is 12.5 Å². The van der Waals surface area contributed by atoms with Gasteiger partial charge in [0.05, 0.1) is 18.6 Å². The minimum absolute atomic E-state index is 0.340. The van der Waals surface area contributed by atoms with E-state index in [1.807, 2.05) is 6.07 Å². The number of aliphatic hydroxyl groups excluding tert-OH is 1. The van der Waals surface area contributed by atoms with Gasteiger partial charge >= 0.3 is 0 Å². The highest BCUT2D eigenvalue weighted by Crippen LogP contribution is 2.20. The molecule has 0 bridgehead atoms. The number of unbranched alkanes of at least 4 members (excludes halogenated alkanes) is 8. The fourth-order valence-corrected chi connectivity index (χ4v) is 2.28. The molecule has 0 saturated carbocycles. The second kappa shape index (κ2) is 10.2. The highest BCUT2D eigenvalue weighted by atomic mass is 16.3. The average Bonchev–Trinajstić information content (AvgIpc) is 2.90. The van der Waals surface area contributed by atoms with Crippen LogP contribution < -0.4 is 0 Å². The fraction of sp³-hybridized carbons (Fsp3) is 0.750. The van der Waals surface area contributed by atoms with Crippen molar-refractivity contribution in [3.63, 3.8) is 0 Å². The average molecular weight is 252 g/mol. The quantitative estimate of drug-likeness (QED) is 0.547. The summed E-state index contributed by atoms with van der Waals surface area (Å²) in [7, 11) is 0. The maximum absolute atomic E-state index is 9.85. The zero-order valence-electron chi connectivity index (χ0n) is 11.7. The molecule has 1 N–H and O–H groups in total. The van der Waals surface area contributed by atoms with Crippen LogP contribution in [0.5, 0.6) is 0 Å². The van der Waals surface area contributed by atoms with Crippen LogP contribution >= 0.6 is 0 Å². The van der Waals surface area contributed by atoms with Gasteiger partial charge in [-0.25, -0.2) is 0 Å². The monoisotopic (exact) mass is 252 g/mol. The summed E-state index contributed by atoms with van der Waals surface area (Å²) in [5.74, 6) is 0. The Hall–Kier alpha value is -0.760. The fourth-order valence-electron chi connectivity index (χ4n) is 2.28. The molecule has 1 atom stereocenters. The van der Waals surface area contributed by atoms with E-state index in [1.54, 1.807) is 12.5 Å². The van der Waals surface area contributed by atoms with Crippen LogP contribution in [0.4, 0.5) is 0 Å². The highest BCUT2D eigenvalue weighted by Gasteiger charge is 2.07. The summed E-state index contributed by atoms with van der Waals surface area (Å²) in [6, 6.07) is 1.85. The van der Waals surface area contributed by atoms with E-state index in [1.165, 1.54) is 51.4 Å². The highest BCUT2D eigenvalue weighted by molar-refractivity contribution is 5.08. The molecule has 0 radical (unpaired) electrons. The summed E-state index contributed by atoms with van der Waals surface area (Å²) in [5, 5.41) is 9.85. The van der Waals surface area contributed by atoms with E-state index in [-0.39, 0.29) is 6.10 Å². The molecule has 0 aliphatic heterocycles. The molecule has 1 rings (SSSR count). The second-order valence-corrected chi connectivity index (χ2v) is 5.19. The number of hydrogen-bond acceptors (Lipinski definition) is 2. The lowest BCUT2D eigenvalue weighted by Gasteiger charge is -2.07. The van der Waals surface area contributed by atoms with E-state index in [4.69, 9.17) is 4.42 Å². The Morgan fingerprint density at radius 1 is 1.00 bits per heavy atom. The maximum atomic E-state index is 9.85. The molecule has 0 aliphatic carbocycles. The molecule has 2 heteroatoms. The number of furan rings is 1. The van der Waals surface area contributed by atoms with E-state index in [0.717, 1.165) is 18.4 Å². The zero-order chi connectivity index (χ0) is 13.1. The Balaban J connectivity index is 1.87. The van der Waals surface area contributed by atoms with E-state index < -0.39 is 0 Å². The zero-order valence-corrected chi connectivity index (χ0v) is 11.7. The molecule has 0 aromatic carbocycles. The second-order valence-electron chi connectivity index (χ2n) is 5.19. The number of hydrogen-bond donors (Lipinski definition) is 1. The van der Waals surface area contributed by atoms with Crippen LogP contribution in [0.2, 0.25) is 0 Å². The van der Waals surface area contributed by atoms with Crippen molar-refractivity contribution >= 4 is 0 Å². The van der Waals surface area contributed by atoms with Crippen molar-refractivity contribution in [3.05, 3.63) is 24.2 Å². The molecule has 1 heterocycles. The molecule has 0 aliphatic rings. The van der Waals surface area contributed by atoms with Crippen LogP contribution in [-0.2, 0) is 0 Å². The number of rotatable bonds is 11. The van der Waals surface area contributed by atoms with E-state index >= 15 is 0 Å². The van der Waals surface area contributed by atoms with Crippen molar-refractivity contribution in [2.75, 3.05) is 0 Å². The number of aliphatic hydroxyl groups is 1. The molecule has 1 unspecified atom stereocenters. The molecule has 18 heavy (non-hydrogen) atoms. The van der Waals surface area contributed by atoms with Crippen LogP contribution in [0.25, 0.3) is 0 Å². The topological polar surface area (TPSA) is 33.4 Å². The largest absolute Gasteiger partial charge is 0.472 e. The molecular formula is C16H28O2. The Bertz CT molecular complexity index is 267. The van der Waals surface area contributed by atoms with Gasteiger partial charge in [0.2, 0.25) is 0 Å². The summed E-state index contributed by atoms with van der Waals surface area (Å²) >= 11 is 0. The van der Waals surface area contributed by atoms with Crippen LogP contribution in [0.15, 0.2) is 23.0 Å². The minimum Gasteiger partial charge on any atom is -0.472 e. The maximum Gasteiger partial charge on any atom is 0.0960 e. The first-order valence-corrected chi connectivity index (χ1v) is 7.54. The van der Waals surface area contributed by atoms with Crippen LogP contribution in [0.1, 0.15) is 82.8 Å². The lowest BCUT2D eigenvalue weighted by Crippen LogP contribution is -1.95. The first-order chi connectivity index (χ1) is 8.84. The van der Waals surface area contributed by atoms with Gasteiger partial charge in [0, 0.05) is 5.56 Å². The first kappa shape index (κ1) is 15.3. The molecule has 0 fully saturated rings. The van der Waals surface area contributed by atoms with Crippen molar-refractivity contribution in [2.45, 2.75) is 77.2 Å². The van der Waals surface area contributed by atoms with Gasteiger partial charge in [0.25, 0.3) is 0 Å². The van der Waals surface area contributed by atoms with Gasteiger partial charge in [0.15, 0.2) is 0 Å². The van der Waals surface area contributed by atoms with Crippen LogP contribution in [0.3, 0.4) is 0 Å². The van der Waals surface area contributed by atoms with Crippen molar-refractivity contribution in [2.24, 2.45) is 0 Å². The molecule has 0 spiro atoms. The van der Waals surface area contributed by atoms with E-state index in [0.29, 0.717) is 0 Å². The van der Waals surface area contributed by atoms with Gasteiger partial charge < -0.3 is 9.52 Å². The summed E-state index contributed by atoms with van der Waals surface area (Å²) < 4.78 is 4.97. The summed E-state index contributed by atoms with van der Waals surface area (Å²) in [4.78, 5) is 0. The van der Waals surface area contributed by atoms with Crippen molar-refractivity contribution in [1.29, 1.82) is 0 Å². The van der Waals surface area contributed by atoms with Gasteiger partial charge in [-0.3, -0.25) is 0 Å². The van der Waals surface area contributed by atoms with Crippen molar-refractivity contribution in [3.8, 4) is 0 Å². The Labute approximate surface area is 111 Å². The molecule has 0 saturated heterocycles. The molecule has 104 valence electrons. The SMILES string of the molecule is CCCCCCCCCCCC(O)c1ccoc1. The molecule has 1 aromatic heterocycles. The van der Waals surface area contributed by atoms with Crippen molar-refractivity contribution < 1.29 is 9.52 Å². The van der Waals surface area contributed by atoms with Crippen LogP contribution in [0, 0.1) is 0 Å². The van der Waals surface area contributed by atoms with Crippen molar-refractivity contribution in [1.82, 2.24) is 0 Å². The minimum atomic E-state index is -0.340. The van der Waals surface area contributed by atoms with Crippen LogP contribution in [-0.4, -0.2) is 5.11 Å². The standard InChI is InChI=1S/C16H28O2/c1-2-3-4-5-6-7-8-9-10-11-16(17)15-12-13-18-14-15/h12-14,16-17H,2-11H2,1H3. The summed E-state index contributed by atoms with van der Waals surface area (Å²) in [5.41, 5.74) is 0.912. The molecule has 0 amide bonds. The molecule has 2 nitrogen and oxygen atoms in total. The smallest absolute Gasteiger partial charge is 0.0960 e. The summed E-state index contributed by atoms with van der Waals surface area (Å²) in [6.45, 7) is 2.26. The third-order valence-corrected chi connectivity index (χ3v) is 3.51. The predicted octanol–water partition coefficient (Wildman–Crippen LogP) is 5.23. The normalized spacial score (nSPS) is 12.8. The van der Waals surface area contributed by atoms with Gasteiger partial charge in [-0.1, -0.05) is 64.7 Å². The third-order valence-electron chi connectivity index (χ3n) is 3.51. The van der Waals surface area contributed by atoms with E-state index in [9.17, 15) is 5.11 Å². The lowest BCUT2D eigenvalue weighted by atomic mass is 10.0. The molecular weight excluding hydrogens is 224 g/mol. The Morgan fingerprint density at radius 2 is 1.61 bits per heavy atom. The Morgan fingerprint density at radius 3 is 2.17 bits per heavy atom. The third kappa shape index (κ3) is 6.85. The predicted molar refractivity (Wildman–Crippen MR) is 75.5 cm³/mol. The first-order valence-electron chi connectivity index (χ1n) is 7.54. The van der Waals surface area contributed by atoms with Gasteiger partial charge in [-0.15, -0.1) is 0 Å². The Kier molecular flexibility index (Phi) is 8.66. The van der Waals surface area contributed by atoms with Gasteiger partial charge in [0.1, 0.15) is 0 Å². The van der Waals surface area contributed by atoms with Gasteiger partial charge in [-0.2, -0.15) is 0 Å². The lowest BCUT2D eigenvalue weighted by molar-refractivity contribution is 0.162. The van der Waals surface area contributed by atoms with E-state index in [2.05, 4.69) is 6.92 Å². The summed E-state index contributed by atoms with van der Waals surface area (Å²) in [6.07, 6.45) is 15.7. The molecule has 1 aromatic rings.